The average Bonchev–Trinajstić information content (AvgIpc) is 2.68. The van der Waals surface area contributed by atoms with Gasteiger partial charge in [0.2, 0.25) is 0 Å². The van der Waals surface area contributed by atoms with E-state index in [0.29, 0.717) is 11.6 Å². The minimum absolute atomic E-state index is 0.573. The summed E-state index contributed by atoms with van der Waals surface area (Å²) in [6.07, 6.45) is 1.53. The highest BCUT2D eigenvalue weighted by Crippen LogP contribution is 2.18. The van der Waals surface area contributed by atoms with Crippen molar-refractivity contribution in [3.63, 3.8) is 0 Å². The number of carbonyl (C=O) groups excluding carboxylic acids is 1. The summed E-state index contributed by atoms with van der Waals surface area (Å²) in [4.78, 5) is 10.6. The van der Waals surface area contributed by atoms with Crippen molar-refractivity contribution in [2.45, 2.75) is 20.4 Å². The first-order valence-corrected chi connectivity index (χ1v) is 6.72. The molecule has 2 aromatic rings. The zero-order valence-corrected chi connectivity index (χ0v) is 12.6. The van der Waals surface area contributed by atoms with Crippen molar-refractivity contribution in [3.8, 4) is 0 Å². The van der Waals surface area contributed by atoms with Crippen molar-refractivity contribution in [1.82, 2.24) is 15.2 Å². The Morgan fingerprint density at radius 1 is 1.48 bits per heavy atom. The van der Waals surface area contributed by atoms with Gasteiger partial charge in [0.05, 0.1) is 18.5 Å². The predicted octanol–water partition coefficient (Wildman–Crippen LogP) is 2.20. The van der Waals surface area contributed by atoms with Gasteiger partial charge in [-0.1, -0.05) is 29.8 Å². The molecular weight excluding hydrogens is 290 g/mol. The number of halogens is 1. The Labute approximate surface area is 127 Å². The molecule has 0 aliphatic carbocycles. The quantitative estimate of drug-likeness (QED) is 0.670. The summed E-state index contributed by atoms with van der Waals surface area (Å²) in [7, 11) is 0. The fourth-order valence-electron chi connectivity index (χ4n) is 2.00. The second-order valence-electron chi connectivity index (χ2n) is 4.57. The van der Waals surface area contributed by atoms with E-state index >= 15 is 0 Å². The summed E-state index contributed by atoms with van der Waals surface area (Å²) in [5.74, 6) is 0. The summed E-state index contributed by atoms with van der Waals surface area (Å²) in [6, 6.07) is 6.93. The van der Waals surface area contributed by atoms with E-state index in [2.05, 4.69) is 15.6 Å². The minimum atomic E-state index is -0.704. The molecule has 0 spiro atoms. The lowest BCUT2D eigenvalue weighted by atomic mass is 10.2. The second-order valence-corrected chi connectivity index (χ2v) is 4.98. The zero-order chi connectivity index (χ0) is 15.4. The van der Waals surface area contributed by atoms with Crippen LogP contribution in [0.5, 0.6) is 0 Å². The summed E-state index contributed by atoms with van der Waals surface area (Å²) >= 11 is 6.16. The highest BCUT2D eigenvalue weighted by Gasteiger charge is 2.11. The second kappa shape index (κ2) is 6.41. The molecule has 1 aromatic carbocycles. The number of benzene rings is 1. The third-order valence-corrected chi connectivity index (χ3v) is 3.45. The number of rotatable bonds is 4. The number of primary amides is 1. The molecule has 0 aliphatic rings. The van der Waals surface area contributed by atoms with Crippen LogP contribution in [-0.4, -0.2) is 22.0 Å². The maximum atomic E-state index is 10.6. The van der Waals surface area contributed by atoms with Crippen LogP contribution in [-0.2, 0) is 6.54 Å². The number of urea groups is 1. The van der Waals surface area contributed by atoms with Gasteiger partial charge in [-0.3, -0.25) is 4.68 Å². The van der Waals surface area contributed by atoms with E-state index in [1.54, 1.807) is 0 Å². The van der Waals surface area contributed by atoms with E-state index in [1.807, 2.05) is 42.8 Å². The smallest absolute Gasteiger partial charge is 0.332 e. The standard InChI is InChI=1S/C14H16ClN5O/c1-9-12(7-17-18-14(16)21)10(2)20(19-9)8-11-5-3-4-6-13(11)15/h3-7H,8H2,1-2H3,(H3,16,18,21)/b17-7-. The summed E-state index contributed by atoms with van der Waals surface area (Å²) in [5.41, 5.74) is 10.7. The lowest BCUT2D eigenvalue weighted by Gasteiger charge is -2.06. The maximum Gasteiger partial charge on any atom is 0.332 e. The van der Waals surface area contributed by atoms with Crippen LogP contribution in [0.1, 0.15) is 22.5 Å². The first-order chi connectivity index (χ1) is 9.99. The Kier molecular flexibility index (Phi) is 4.59. The molecule has 0 saturated heterocycles. The van der Waals surface area contributed by atoms with Crippen molar-refractivity contribution < 1.29 is 4.79 Å². The molecule has 1 aromatic heterocycles. The fraction of sp³-hybridized carbons (Fsp3) is 0.214. The van der Waals surface area contributed by atoms with Crippen LogP contribution in [0, 0.1) is 13.8 Å². The number of carbonyl (C=O) groups is 1. The van der Waals surface area contributed by atoms with Crippen LogP contribution in [0.4, 0.5) is 4.79 Å². The molecule has 0 aliphatic heterocycles. The zero-order valence-electron chi connectivity index (χ0n) is 11.8. The molecule has 0 fully saturated rings. The number of nitrogens with one attached hydrogen (secondary N) is 1. The van der Waals surface area contributed by atoms with Crippen LogP contribution in [0.2, 0.25) is 5.02 Å². The lowest BCUT2D eigenvalue weighted by molar-refractivity contribution is 0.249. The number of hydrogen-bond acceptors (Lipinski definition) is 3. The van der Waals surface area contributed by atoms with E-state index < -0.39 is 6.03 Å². The summed E-state index contributed by atoms with van der Waals surface area (Å²) < 4.78 is 1.85. The first kappa shape index (κ1) is 15.1. The van der Waals surface area contributed by atoms with E-state index in [0.717, 1.165) is 22.5 Å². The Balaban J connectivity index is 2.25. The molecule has 1 heterocycles. The van der Waals surface area contributed by atoms with Gasteiger partial charge in [-0.2, -0.15) is 10.2 Å². The molecule has 7 heteroatoms. The number of hydrogen-bond donors (Lipinski definition) is 2. The van der Waals surface area contributed by atoms with Crippen LogP contribution < -0.4 is 11.2 Å². The number of amides is 2. The predicted molar refractivity (Wildman–Crippen MR) is 82.6 cm³/mol. The van der Waals surface area contributed by atoms with Gasteiger partial charge in [-0.25, -0.2) is 10.2 Å². The lowest BCUT2D eigenvalue weighted by Crippen LogP contribution is -2.24. The molecule has 110 valence electrons. The van der Waals surface area contributed by atoms with E-state index in [9.17, 15) is 4.79 Å². The normalized spacial score (nSPS) is 11.0. The summed E-state index contributed by atoms with van der Waals surface area (Å²) in [5, 5.41) is 8.94. The van der Waals surface area contributed by atoms with Gasteiger partial charge < -0.3 is 5.73 Å². The number of nitrogens with zero attached hydrogens (tertiary/aromatic N) is 3. The van der Waals surface area contributed by atoms with Gasteiger partial charge >= 0.3 is 6.03 Å². The van der Waals surface area contributed by atoms with Crippen molar-refractivity contribution in [3.05, 3.63) is 51.8 Å². The van der Waals surface area contributed by atoms with Crippen LogP contribution in [0.25, 0.3) is 0 Å². The van der Waals surface area contributed by atoms with E-state index in [-0.39, 0.29) is 0 Å². The third-order valence-electron chi connectivity index (χ3n) is 3.08. The van der Waals surface area contributed by atoms with E-state index in [1.165, 1.54) is 6.21 Å². The van der Waals surface area contributed by atoms with Gasteiger partial charge in [-0.15, -0.1) is 0 Å². The van der Waals surface area contributed by atoms with E-state index in [4.69, 9.17) is 17.3 Å². The molecule has 0 unspecified atom stereocenters. The Bertz CT molecular complexity index is 693. The van der Waals surface area contributed by atoms with Gasteiger partial charge in [0.15, 0.2) is 0 Å². The van der Waals surface area contributed by atoms with Gasteiger partial charge in [0.25, 0.3) is 0 Å². The van der Waals surface area contributed by atoms with Gasteiger partial charge in [0, 0.05) is 16.3 Å². The minimum Gasteiger partial charge on any atom is -0.350 e. The molecule has 0 atom stereocenters. The largest absolute Gasteiger partial charge is 0.350 e. The number of nitrogens with two attached hydrogens (primary N) is 1. The summed E-state index contributed by atoms with van der Waals surface area (Å²) in [6.45, 7) is 4.38. The van der Waals surface area contributed by atoms with Crippen LogP contribution >= 0.6 is 11.6 Å². The Morgan fingerprint density at radius 2 is 2.19 bits per heavy atom. The fourth-order valence-corrected chi connectivity index (χ4v) is 2.20. The maximum absolute atomic E-state index is 10.6. The molecule has 3 N–H and O–H groups in total. The van der Waals surface area contributed by atoms with Gasteiger partial charge in [0.1, 0.15) is 0 Å². The highest BCUT2D eigenvalue weighted by molar-refractivity contribution is 6.31. The first-order valence-electron chi connectivity index (χ1n) is 6.35. The molecule has 0 saturated carbocycles. The molecule has 0 radical (unpaired) electrons. The molecular formula is C14H16ClN5O. The van der Waals surface area contributed by atoms with Crippen molar-refractivity contribution >= 4 is 23.8 Å². The molecule has 21 heavy (non-hydrogen) atoms. The third kappa shape index (κ3) is 3.61. The molecule has 6 nitrogen and oxygen atoms in total. The van der Waals surface area contributed by atoms with Crippen molar-refractivity contribution in [1.29, 1.82) is 0 Å². The average molecular weight is 306 g/mol. The van der Waals surface area contributed by atoms with Crippen molar-refractivity contribution in [2.75, 3.05) is 0 Å². The Morgan fingerprint density at radius 3 is 2.86 bits per heavy atom. The SMILES string of the molecule is Cc1nn(Cc2ccccc2Cl)c(C)c1/C=N\NC(N)=O. The number of aryl methyl sites for hydroxylation is 1. The Hall–Kier alpha value is -2.34. The van der Waals surface area contributed by atoms with Crippen LogP contribution in [0.15, 0.2) is 29.4 Å². The molecule has 2 rings (SSSR count). The molecule has 2 amide bonds. The highest BCUT2D eigenvalue weighted by atomic mass is 35.5. The number of hydrazone groups is 1. The van der Waals surface area contributed by atoms with Crippen LogP contribution in [0.3, 0.4) is 0 Å². The number of aromatic nitrogens is 2. The van der Waals surface area contributed by atoms with Crippen molar-refractivity contribution in [2.24, 2.45) is 10.8 Å². The molecule has 0 bridgehead atoms. The topological polar surface area (TPSA) is 85.3 Å². The van der Waals surface area contributed by atoms with Gasteiger partial charge in [-0.05, 0) is 25.5 Å². The monoisotopic (exact) mass is 305 g/mol.